The first kappa shape index (κ1) is 12.0. The molecule has 3 rings (SSSR count). The van der Waals surface area contributed by atoms with Crippen LogP contribution in [0.1, 0.15) is 12.5 Å². The molecule has 0 saturated carbocycles. The molecule has 2 nitrogen and oxygen atoms in total. The van der Waals surface area contributed by atoms with E-state index in [0.29, 0.717) is 18.2 Å². The van der Waals surface area contributed by atoms with Gasteiger partial charge in [0.15, 0.2) is 0 Å². The first-order valence-electron chi connectivity index (χ1n) is 6.05. The van der Waals surface area contributed by atoms with Crippen LogP contribution in [0.3, 0.4) is 0 Å². The highest BCUT2D eigenvalue weighted by Crippen LogP contribution is 2.58. The number of hydrogen-bond acceptors (Lipinski definition) is 2. The topological polar surface area (TPSA) is 18.5 Å². The second-order valence-electron chi connectivity index (χ2n) is 4.74. The normalized spacial score (nSPS) is 25.3. The minimum absolute atomic E-state index is 0.0231. The van der Waals surface area contributed by atoms with E-state index < -0.39 is 5.79 Å². The Kier molecular flexibility index (Phi) is 2.81. The van der Waals surface area contributed by atoms with Crippen LogP contribution in [0.5, 0.6) is 0 Å². The lowest BCUT2D eigenvalue weighted by molar-refractivity contribution is -0.150. The van der Waals surface area contributed by atoms with Gasteiger partial charge in [-0.2, -0.15) is 0 Å². The van der Waals surface area contributed by atoms with Crippen molar-refractivity contribution in [2.45, 2.75) is 12.7 Å². The lowest BCUT2D eigenvalue weighted by Gasteiger charge is -2.46. The number of hydrogen-bond donors (Lipinski definition) is 0. The van der Waals surface area contributed by atoms with Gasteiger partial charge in [-0.05, 0) is 18.1 Å². The molecular weight excluding hydrogens is 248 g/mol. The molecule has 0 amide bonds. The molecule has 1 saturated heterocycles. The molecule has 1 aromatic carbocycles. The van der Waals surface area contributed by atoms with E-state index >= 15 is 0 Å². The highest BCUT2D eigenvalue weighted by Gasteiger charge is 2.58. The Morgan fingerprint density at radius 3 is 2.44 bits per heavy atom. The van der Waals surface area contributed by atoms with Gasteiger partial charge in [-0.15, -0.1) is 0 Å². The van der Waals surface area contributed by atoms with E-state index in [2.05, 4.69) is 18.7 Å². The van der Waals surface area contributed by atoms with Crippen molar-refractivity contribution in [2.24, 2.45) is 5.92 Å². The van der Waals surface area contributed by atoms with E-state index in [1.807, 2.05) is 25.1 Å². The third kappa shape index (κ3) is 1.50. The molecule has 0 N–H and O–H groups in total. The Hall–Kier alpha value is -1.09. The van der Waals surface area contributed by atoms with Gasteiger partial charge in [0.05, 0.1) is 24.2 Å². The average molecular weight is 263 g/mol. The van der Waals surface area contributed by atoms with Gasteiger partial charge >= 0.3 is 0 Å². The van der Waals surface area contributed by atoms with Gasteiger partial charge in [-0.25, -0.2) is 0 Å². The maximum atomic E-state index is 6.44. The van der Waals surface area contributed by atoms with Crippen molar-refractivity contribution < 1.29 is 9.47 Å². The van der Waals surface area contributed by atoms with Crippen LogP contribution < -0.4 is 0 Å². The summed E-state index contributed by atoms with van der Waals surface area (Å²) in [6.07, 6.45) is 0. The molecule has 1 aliphatic carbocycles. The molecule has 2 aliphatic rings. The Morgan fingerprint density at radius 1 is 1.28 bits per heavy atom. The fraction of sp³-hybridized carbons (Fsp3) is 0.333. The van der Waals surface area contributed by atoms with Gasteiger partial charge in [0.25, 0.3) is 0 Å². The minimum Gasteiger partial charge on any atom is -0.342 e. The molecule has 3 heteroatoms. The highest BCUT2D eigenvalue weighted by atomic mass is 35.5. The van der Waals surface area contributed by atoms with Gasteiger partial charge in [0, 0.05) is 0 Å². The monoisotopic (exact) mass is 262 g/mol. The highest BCUT2D eigenvalue weighted by molar-refractivity contribution is 6.35. The predicted octanol–water partition coefficient (Wildman–Crippen LogP) is 3.59. The van der Waals surface area contributed by atoms with E-state index in [0.717, 1.165) is 16.7 Å². The molecule has 0 radical (unpaired) electrons. The van der Waals surface area contributed by atoms with Crippen LogP contribution >= 0.6 is 11.6 Å². The van der Waals surface area contributed by atoms with Crippen molar-refractivity contribution in [3.63, 3.8) is 0 Å². The number of ether oxygens (including phenoxy) is 2. The van der Waals surface area contributed by atoms with Crippen LogP contribution in [-0.2, 0) is 9.47 Å². The summed E-state index contributed by atoms with van der Waals surface area (Å²) < 4.78 is 11.5. The fourth-order valence-corrected chi connectivity index (χ4v) is 3.19. The maximum absolute atomic E-state index is 6.44. The van der Waals surface area contributed by atoms with Crippen molar-refractivity contribution in [3.8, 4) is 0 Å². The van der Waals surface area contributed by atoms with E-state index in [1.165, 1.54) is 0 Å². The van der Waals surface area contributed by atoms with Gasteiger partial charge in [0.1, 0.15) is 0 Å². The summed E-state index contributed by atoms with van der Waals surface area (Å²) in [7, 11) is 0. The first-order chi connectivity index (χ1) is 8.67. The Bertz CT molecular complexity index is 513. The molecule has 1 fully saturated rings. The van der Waals surface area contributed by atoms with Crippen LogP contribution in [-0.4, -0.2) is 19.0 Å². The van der Waals surface area contributed by atoms with Crippen molar-refractivity contribution in [1.82, 2.24) is 0 Å². The molecule has 0 bridgehead atoms. The zero-order valence-electron chi connectivity index (χ0n) is 10.3. The van der Waals surface area contributed by atoms with Gasteiger partial charge in [0.2, 0.25) is 5.79 Å². The van der Waals surface area contributed by atoms with Crippen LogP contribution in [0, 0.1) is 5.92 Å². The second kappa shape index (κ2) is 4.23. The quantitative estimate of drug-likeness (QED) is 0.759. The molecule has 1 aliphatic heterocycles. The van der Waals surface area contributed by atoms with Crippen molar-refractivity contribution in [3.05, 3.63) is 53.1 Å². The lowest BCUT2D eigenvalue weighted by atomic mass is 9.71. The smallest absolute Gasteiger partial charge is 0.217 e. The number of halogens is 1. The standard InChI is InChI=1S/C15H15ClO2/c1-10(2)13-12(11-6-4-3-5-7-11)14(16)15(13)17-8-9-18-15/h3-7,13H,1,8-9H2,2H3. The molecule has 1 atom stereocenters. The predicted molar refractivity (Wildman–Crippen MR) is 72.2 cm³/mol. The molecule has 94 valence electrons. The van der Waals surface area contributed by atoms with Crippen LogP contribution in [0.2, 0.25) is 0 Å². The van der Waals surface area contributed by atoms with Crippen molar-refractivity contribution >= 4 is 17.2 Å². The second-order valence-corrected chi connectivity index (χ2v) is 5.12. The van der Waals surface area contributed by atoms with Gasteiger partial charge in [-0.1, -0.05) is 54.1 Å². The van der Waals surface area contributed by atoms with Crippen LogP contribution in [0.4, 0.5) is 0 Å². The first-order valence-corrected chi connectivity index (χ1v) is 6.43. The summed E-state index contributed by atoms with van der Waals surface area (Å²) >= 11 is 6.44. The molecule has 1 spiro atoms. The molecule has 18 heavy (non-hydrogen) atoms. The molecule has 1 heterocycles. The maximum Gasteiger partial charge on any atom is 0.217 e. The third-order valence-corrected chi connectivity index (χ3v) is 3.97. The largest absolute Gasteiger partial charge is 0.342 e. The fourth-order valence-electron chi connectivity index (χ4n) is 2.76. The Balaban J connectivity index is 2.08. The summed E-state index contributed by atoms with van der Waals surface area (Å²) in [6, 6.07) is 10.1. The minimum atomic E-state index is -0.765. The summed E-state index contributed by atoms with van der Waals surface area (Å²) in [4.78, 5) is 0. The van der Waals surface area contributed by atoms with E-state index in [1.54, 1.807) is 0 Å². The zero-order chi connectivity index (χ0) is 12.8. The van der Waals surface area contributed by atoms with E-state index in [4.69, 9.17) is 21.1 Å². The van der Waals surface area contributed by atoms with Gasteiger partial charge < -0.3 is 9.47 Å². The zero-order valence-corrected chi connectivity index (χ0v) is 11.0. The number of benzene rings is 1. The van der Waals surface area contributed by atoms with E-state index in [9.17, 15) is 0 Å². The summed E-state index contributed by atoms with van der Waals surface area (Å²) in [5, 5.41) is 0.666. The Labute approximate surface area is 112 Å². The lowest BCUT2D eigenvalue weighted by Crippen LogP contribution is -2.49. The number of rotatable bonds is 2. The van der Waals surface area contributed by atoms with Gasteiger partial charge in [-0.3, -0.25) is 0 Å². The Morgan fingerprint density at radius 2 is 1.89 bits per heavy atom. The van der Waals surface area contributed by atoms with E-state index in [-0.39, 0.29) is 5.92 Å². The average Bonchev–Trinajstić information content (AvgIpc) is 2.87. The van der Waals surface area contributed by atoms with Crippen molar-refractivity contribution in [1.29, 1.82) is 0 Å². The molecule has 1 unspecified atom stereocenters. The molecule has 1 aromatic rings. The summed E-state index contributed by atoms with van der Waals surface area (Å²) in [6.45, 7) is 7.21. The van der Waals surface area contributed by atoms with Crippen molar-refractivity contribution in [2.75, 3.05) is 13.2 Å². The SMILES string of the molecule is C=C(C)C1C(c2ccccc2)=C(Cl)C12OCCO2. The van der Waals surface area contributed by atoms with Crippen LogP contribution in [0.25, 0.3) is 5.57 Å². The van der Waals surface area contributed by atoms with Crippen LogP contribution in [0.15, 0.2) is 47.5 Å². The molecule has 0 aromatic heterocycles. The summed E-state index contributed by atoms with van der Waals surface area (Å²) in [5.74, 6) is -0.742. The summed E-state index contributed by atoms with van der Waals surface area (Å²) in [5.41, 5.74) is 3.20. The third-order valence-electron chi connectivity index (χ3n) is 3.51. The molecular formula is C15H15ClO2.